The molecule has 198 valence electrons. The molecule has 2 N–H and O–H groups in total. The van der Waals surface area contributed by atoms with Gasteiger partial charge in [0.1, 0.15) is 17.6 Å². The Kier molecular flexibility index (Phi) is 7.65. The molecule has 0 bridgehead atoms. The van der Waals surface area contributed by atoms with E-state index in [1.54, 1.807) is 0 Å². The smallest absolute Gasteiger partial charge is 0.325 e. The van der Waals surface area contributed by atoms with Crippen molar-refractivity contribution in [1.29, 1.82) is 0 Å². The minimum Gasteiger partial charge on any atom is -0.491 e. The highest BCUT2D eigenvalue weighted by molar-refractivity contribution is 5.82. The summed E-state index contributed by atoms with van der Waals surface area (Å²) in [4.78, 5) is 34.1. The van der Waals surface area contributed by atoms with Crippen LogP contribution in [0.3, 0.4) is 0 Å². The van der Waals surface area contributed by atoms with Gasteiger partial charge in [0.25, 0.3) is 0 Å². The molecule has 5 rings (SSSR count). The maximum Gasteiger partial charge on any atom is 0.325 e. The summed E-state index contributed by atoms with van der Waals surface area (Å²) in [7, 11) is 0. The molecule has 3 aliphatic rings. The highest BCUT2D eigenvalue weighted by Crippen LogP contribution is 2.36. The molecule has 1 aromatic carbocycles. The van der Waals surface area contributed by atoms with Crippen LogP contribution in [0.2, 0.25) is 0 Å². The van der Waals surface area contributed by atoms with Crippen molar-refractivity contribution in [3.8, 4) is 5.75 Å². The van der Waals surface area contributed by atoms with Crippen LogP contribution in [-0.4, -0.2) is 70.6 Å². The number of likely N-dealkylation sites (tertiary alicyclic amines) is 2. The molecule has 4 heterocycles. The van der Waals surface area contributed by atoms with E-state index in [9.17, 15) is 14.7 Å². The van der Waals surface area contributed by atoms with E-state index in [1.807, 2.05) is 47.9 Å². The van der Waals surface area contributed by atoms with Crippen LogP contribution >= 0.6 is 0 Å². The predicted molar refractivity (Wildman–Crippen MR) is 142 cm³/mol. The van der Waals surface area contributed by atoms with Crippen molar-refractivity contribution in [2.24, 2.45) is 11.8 Å². The number of nitrogens with one attached hydrogen (secondary N) is 1. The number of rotatable bonds is 9. The first-order valence-electron chi connectivity index (χ1n) is 13.6. The second-order valence-electron chi connectivity index (χ2n) is 10.9. The molecule has 2 aromatic rings. The number of hydrogen-bond donors (Lipinski definition) is 2. The van der Waals surface area contributed by atoms with E-state index in [4.69, 9.17) is 9.72 Å². The summed E-state index contributed by atoms with van der Waals surface area (Å²) in [5.41, 5.74) is 3.07. The maximum atomic E-state index is 13.2. The first-order valence-corrected chi connectivity index (χ1v) is 13.6. The van der Waals surface area contributed by atoms with Crippen molar-refractivity contribution < 1.29 is 19.4 Å². The van der Waals surface area contributed by atoms with Gasteiger partial charge >= 0.3 is 5.97 Å². The first-order chi connectivity index (χ1) is 17.9. The zero-order chi connectivity index (χ0) is 25.9. The Morgan fingerprint density at radius 3 is 2.76 bits per heavy atom. The van der Waals surface area contributed by atoms with Gasteiger partial charge in [0.15, 0.2) is 0 Å². The predicted octanol–water partition coefficient (Wildman–Crippen LogP) is 3.77. The molecule has 0 unspecified atom stereocenters. The Morgan fingerprint density at radius 1 is 1.16 bits per heavy atom. The van der Waals surface area contributed by atoms with Crippen LogP contribution in [0.5, 0.6) is 5.75 Å². The van der Waals surface area contributed by atoms with E-state index in [-0.39, 0.29) is 17.9 Å². The number of para-hydroxylation sites is 1. The van der Waals surface area contributed by atoms with Gasteiger partial charge in [-0.25, -0.2) is 4.98 Å². The van der Waals surface area contributed by atoms with Gasteiger partial charge < -0.3 is 20.1 Å². The lowest BCUT2D eigenvalue weighted by Crippen LogP contribution is -2.56. The van der Waals surface area contributed by atoms with E-state index in [0.29, 0.717) is 30.3 Å². The third-order valence-corrected chi connectivity index (χ3v) is 7.79. The largest absolute Gasteiger partial charge is 0.491 e. The van der Waals surface area contributed by atoms with E-state index < -0.39 is 12.0 Å². The zero-order valence-electron chi connectivity index (χ0n) is 21.9. The fourth-order valence-corrected chi connectivity index (χ4v) is 5.82. The van der Waals surface area contributed by atoms with Gasteiger partial charge in [-0.05, 0) is 69.6 Å². The highest BCUT2D eigenvalue weighted by atomic mass is 16.5. The van der Waals surface area contributed by atoms with Crippen molar-refractivity contribution in [2.75, 3.05) is 38.0 Å². The maximum absolute atomic E-state index is 13.2. The number of fused-ring (bicyclic) bond motifs is 1. The molecule has 0 radical (unpaired) electrons. The Morgan fingerprint density at radius 2 is 1.97 bits per heavy atom. The van der Waals surface area contributed by atoms with Crippen molar-refractivity contribution >= 4 is 17.7 Å². The number of aromatic nitrogens is 1. The standard InChI is InChI=1S/C29H38N4O4/c1-19(2)37-25-8-4-3-7-24(25)26(29(35)36)33-17-22(18-33)28(34)32-15-13-20(16-32)9-11-23-12-10-21-6-5-14-30-27(21)31-23/h3-4,7-8,10,12,19-20,22,26H,5-6,9,11,13-18H2,1-2H3,(H,30,31)(H,35,36)/t20-,26+/m1/s1. The van der Waals surface area contributed by atoms with E-state index in [2.05, 4.69) is 17.4 Å². The molecule has 8 heteroatoms. The number of benzene rings is 1. The molecule has 2 saturated heterocycles. The molecular weight excluding hydrogens is 468 g/mol. The molecule has 3 aliphatic heterocycles. The van der Waals surface area contributed by atoms with Gasteiger partial charge in [-0.2, -0.15) is 0 Å². The fraction of sp³-hybridized carbons (Fsp3) is 0.552. The molecule has 37 heavy (non-hydrogen) atoms. The number of anilines is 1. The van der Waals surface area contributed by atoms with E-state index >= 15 is 0 Å². The minimum absolute atomic E-state index is 0.0517. The third-order valence-electron chi connectivity index (χ3n) is 7.79. The molecule has 2 atom stereocenters. The summed E-state index contributed by atoms with van der Waals surface area (Å²) < 4.78 is 5.87. The van der Waals surface area contributed by atoms with Gasteiger partial charge in [0.05, 0.1) is 12.0 Å². The zero-order valence-corrected chi connectivity index (χ0v) is 21.9. The van der Waals surface area contributed by atoms with Gasteiger partial charge in [0.2, 0.25) is 5.91 Å². The van der Waals surface area contributed by atoms with Crippen LogP contribution in [0.25, 0.3) is 0 Å². The number of nitrogens with zero attached hydrogens (tertiary/aromatic N) is 3. The quantitative estimate of drug-likeness (QED) is 0.535. The molecule has 0 aliphatic carbocycles. The van der Waals surface area contributed by atoms with Crippen molar-refractivity contribution in [1.82, 2.24) is 14.8 Å². The molecule has 8 nitrogen and oxygen atoms in total. The van der Waals surface area contributed by atoms with Crippen LogP contribution in [0.4, 0.5) is 5.82 Å². The molecule has 1 aromatic heterocycles. The lowest BCUT2D eigenvalue weighted by atomic mass is 9.92. The number of pyridine rings is 1. The normalized spacial score (nSPS) is 20.7. The average Bonchev–Trinajstić information content (AvgIpc) is 3.33. The van der Waals surface area contributed by atoms with Gasteiger partial charge in [-0.15, -0.1) is 0 Å². The number of aryl methyl sites for hydroxylation is 2. The Bertz CT molecular complexity index is 1130. The Labute approximate surface area is 219 Å². The number of carbonyl (C=O) groups is 2. The van der Waals surface area contributed by atoms with Crippen LogP contribution in [-0.2, 0) is 22.4 Å². The second-order valence-corrected chi connectivity index (χ2v) is 10.9. The highest BCUT2D eigenvalue weighted by Gasteiger charge is 2.43. The lowest BCUT2D eigenvalue weighted by Gasteiger charge is -2.43. The monoisotopic (exact) mass is 506 g/mol. The second kappa shape index (κ2) is 11.1. The average molecular weight is 507 g/mol. The molecule has 0 saturated carbocycles. The summed E-state index contributed by atoms with van der Waals surface area (Å²) in [5, 5.41) is 13.4. The number of ether oxygens (including phenoxy) is 1. The minimum atomic E-state index is -0.919. The SMILES string of the molecule is CC(C)Oc1ccccc1[C@@H](C(=O)O)N1CC(C(=O)N2CC[C@@H](CCc3ccc4c(n3)NCCC4)C2)C1. The van der Waals surface area contributed by atoms with E-state index in [1.165, 1.54) is 5.56 Å². The number of amides is 1. The van der Waals surface area contributed by atoms with Crippen molar-refractivity contribution in [3.05, 3.63) is 53.2 Å². The van der Waals surface area contributed by atoms with Crippen LogP contribution in [0.15, 0.2) is 36.4 Å². The summed E-state index contributed by atoms with van der Waals surface area (Å²) in [6, 6.07) is 10.8. The fourth-order valence-electron chi connectivity index (χ4n) is 5.82. The number of carboxylic acid groups (broad SMARTS) is 1. The third kappa shape index (κ3) is 5.74. The number of aliphatic carboxylic acids is 1. The van der Waals surface area contributed by atoms with Crippen molar-refractivity contribution in [2.45, 2.75) is 58.1 Å². The Hall–Kier alpha value is -3.13. The van der Waals surface area contributed by atoms with Crippen molar-refractivity contribution in [3.63, 3.8) is 0 Å². The summed E-state index contributed by atoms with van der Waals surface area (Å²) in [5.74, 6) is 1.21. The Balaban J connectivity index is 1.13. The molecule has 2 fully saturated rings. The molecule has 0 spiro atoms. The first kappa shape index (κ1) is 25.5. The summed E-state index contributed by atoms with van der Waals surface area (Å²) in [6.45, 7) is 7.33. The molecular formula is C29H38N4O4. The van der Waals surface area contributed by atoms with Crippen LogP contribution < -0.4 is 10.1 Å². The van der Waals surface area contributed by atoms with E-state index in [0.717, 1.165) is 63.3 Å². The number of carbonyl (C=O) groups excluding carboxylic acids is 1. The van der Waals surface area contributed by atoms with Gasteiger partial charge in [-0.3, -0.25) is 14.5 Å². The van der Waals surface area contributed by atoms with Crippen LogP contribution in [0, 0.1) is 11.8 Å². The summed E-state index contributed by atoms with van der Waals surface area (Å²) in [6.07, 6.45) is 5.18. The topological polar surface area (TPSA) is 95.0 Å². The number of carboxylic acids is 1. The van der Waals surface area contributed by atoms with Crippen LogP contribution in [0.1, 0.15) is 56.0 Å². The summed E-state index contributed by atoms with van der Waals surface area (Å²) >= 11 is 0. The lowest BCUT2D eigenvalue weighted by molar-refractivity contribution is -0.152. The van der Waals surface area contributed by atoms with Gasteiger partial charge in [-0.1, -0.05) is 24.3 Å². The molecule has 1 amide bonds. The van der Waals surface area contributed by atoms with Gasteiger partial charge in [0, 0.05) is 44.0 Å². The number of hydrogen-bond acceptors (Lipinski definition) is 6.